The largest absolute Gasteiger partial charge is 0.390 e. The van der Waals surface area contributed by atoms with Crippen molar-refractivity contribution in [3.63, 3.8) is 0 Å². The number of allylic oxidation sites excluding steroid dienone is 1. The summed E-state index contributed by atoms with van der Waals surface area (Å²) in [6, 6.07) is 0. The van der Waals surface area contributed by atoms with Gasteiger partial charge in [-0.25, -0.2) is 0 Å². The molecule has 1 N–H and O–H groups in total. The van der Waals surface area contributed by atoms with Crippen LogP contribution in [0.25, 0.3) is 0 Å². The molecule has 8 atom stereocenters. The standard InChI is InChI=1S/C31H52O2/c1-5-31(32)18-17-29(3)24(21-31)9-10-25-27-12-11-26(30(27,4)16-13-28(25)29)22(2)7-6-8-23-14-19-33-20-15-23/h9,22-23,25-28,32H,5-8,10-21H2,1-4H3/t22-,25+,26-,27+,28+,29+,30-,31+/m1/s1. The molecule has 188 valence electrons. The van der Waals surface area contributed by atoms with Gasteiger partial charge >= 0.3 is 0 Å². The van der Waals surface area contributed by atoms with E-state index in [1.165, 1.54) is 70.6 Å². The molecule has 0 aromatic rings. The van der Waals surface area contributed by atoms with E-state index in [-0.39, 0.29) is 0 Å². The highest BCUT2D eigenvalue weighted by molar-refractivity contribution is 5.27. The summed E-state index contributed by atoms with van der Waals surface area (Å²) < 4.78 is 5.56. The van der Waals surface area contributed by atoms with Gasteiger partial charge < -0.3 is 9.84 Å². The molecule has 1 aliphatic heterocycles. The molecule has 2 nitrogen and oxygen atoms in total. The van der Waals surface area contributed by atoms with Crippen molar-refractivity contribution in [1.29, 1.82) is 0 Å². The van der Waals surface area contributed by atoms with Gasteiger partial charge in [0.2, 0.25) is 0 Å². The van der Waals surface area contributed by atoms with Crippen LogP contribution < -0.4 is 0 Å². The highest BCUT2D eigenvalue weighted by Gasteiger charge is 2.59. The van der Waals surface area contributed by atoms with Crippen LogP contribution in [0.5, 0.6) is 0 Å². The SMILES string of the molecule is CC[C@]1(O)CC[C@@]2(C)C(=CC[C@H]3[C@@H]4CC[C@H]([C@H](C)CCCC5CCOCC5)[C@@]4(C)CC[C@@H]32)C1. The van der Waals surface area contributed by atoms with Crippen molar-refractivity contribution in [2.75, 3.05) is 13.2 Å². The molecular weight excluding hydrogens is 404 g/mol. The topological polar surface area (TPSA) is 29.5 Å². The van der Waals surface area contributed by atoms with Gasteiger partial charge in [-0.1, -0.05) is 58.6 Å². The first-order valence-electron chi connectivity index (χ1n) is 14.8. The number of hydrogen-bond donors (Lipinski definition) is 1. The van der Waals surface area contributed by atoms with E-state index in [9.17, 15) is 5.11 Å². The van der Waals surface area contributed by atoms with Crippen LogP contribution in [-0.2, 0) is 4.74 Å². The minimum absolute atomic E-state index is 0.360. The Bertz CT molecular complexity index is 722. The Morgan fingerprint density at radius 3 is 2.58 bits per heavy atom. The Balaban J connectivity index is 1.24. The zero-order valence-corrected chi connectivity index (χ0v) is 22.2. The van der Waals surface area contributed by atoms with Crippen molar-refractivity contribution in [2.24, 2.45) is 46.3 Å². The smallest absolute Gasteiger partial charge is 0.0682 e. The van der Waals surface area contributed by atoms with Gasteiger partial charge in [-0.15, -0.1) is 0 Å². The molecule has 33 heavy (non-hydrogen) atoms. The summed E-state index contributed by atoms with van der Waals surface area (Å²) >= 11 is 0. The van der Waals surface area contributed by atoms with Crippen LogP contribution in [0.1, 0.15) is 118 Å². The fourth-order valence-corrected chi connectivity index (χ4v) is 9.95. The Morgan fingerprint density at radius 1 is 1.03 bits per heavy atom. The summed E-state index contributed by atoms with van der Waals surface area (Å²) in [4.78, 5) is 0. The van der Waals surface area contributed by atoms with Crippen molar-refractivity contribution < 1.29 is 9.84 Å². The summed E-state index contributed by atoms with van der Waals surface area (Å²) in [7, 11) is 0. The highest BCUT2D eigenvalue weighted by atomic mass is 16.5. The van der Waals surface area contributed by atoms with Gasteiger partial charge in [0.25, 0.3) is 0 Å². The van der Waals surface area contributed by atoms with Crippen molar-refractivity contribution in [2.45, 2.75) is 123 Å². The van der Waals surface area contributed by atoms with Gasteiger partial charge in [0, 0.05) is 13.2 Å². The maximum Gasteiger partial charge on any atom is 0.0682 e. The lowest BCUT2D eigenvalue weighted by molar-refractivity contribution is -0.0755. The highest BCUT2D eigenvalue weighted by Crippen LogP contribution is 2.67. The van der Waals surface area contributed by atoms with Crippen molar-refractivity contribution in [1.82, 2.24) is 0 Å². The molecule has 3 saturated carbocycles. The Morgan fingerprint density at radius 2 is 1.82 bits per heavy atom. The molecule has 1 heterocycles. The lowest BCUT2D eigenvalue weighted by Crippen LogP contribution is -2.52. The van der Waals surface area contributed by atoms with E-state index < -0.39 is 5.60 Å². The van der Waals surface area contributed by atoms with E-state index in [1.807, 2.05) is 0 Å². The molecule has 0 amide bonds. The van der Waals surface area contributed by atoms with E-state index in [4.69, 9.17) is 4.74 Å². The van der Waals surface area contributed by atoms with Crippen LogP contribution in [-0.4, -0.2) is 23.9 Å². The Hall–Kier alpha value is -0.340. The second kappa shape index (κ2) is 9.27. The first-order valence-corrected chi connectivity index (χ1v) is 14.8. The van der Waals surface area contributed by atoms with Crippen LogP contribution >= 0.6 is 0 Å². The average Bonchev–Trinajstić information content (AvgIpc) is 3.17. The molecule has 4 fully saturated rings. The average molecular weight is 457 g/mol. The number of ether oxygens (including phenoxy) is 1. The van der Waals surface area contributed by atoms with E-state index in [0.717, 1.165) is 68.0 Å². The van der Waals surface area contributed by atoms with E-state index in [0.29, 0.717) is 10.8 Å². The summed E-state index contributed by atoms with van der Waals surface area (Å²) in [6.07, 6.45) is 20.7. The molecule has 0 aromatic heterocycles. The van der Waals surface area contributed by atoms with Crippen LogP contribution in [0.3, 0.4) is 0 Å². The van der Waals surface area contributed by atoms with E-state index in [1.54, 1.807) is 5.57 Å². The zero-order valence-electron chi connectivity index (χ0n) is 22.2. The Kier molecular flexibility index (Phi) is 6.84. The third kappa shape index (κ3) is 4.28. The molecule has 0 bridgehead atoms. The molecule has 0 unspecified atom stereocenters. The van der Waals surface area contributed by atoms with Crippen LogP contribution in [0.2, 0.25) is 0 Å². The number of fused-ring (bicyclic) bond motifs is 5. The normalized spacial score (nSPS) is 46.8. The third-order valence-electron chi connectivity index (χ3n) is 12.3. The minimum Gasteiger partial charge on any atom is -0.390 e. The molecule has 5 rings (SSSR count). The second-order valence-electron chi connectivity index (χ2n) is 13.7. The fourth-order valence-electron chi connectivity index (χ4n) is 9.95. The Labute approximate surface area is 204 Å². The van der Waals surface area contributed by atoms with Crippen molar-refractivity contribution in [3.05, 3.63) is 11.6 Å². The van der Waals surface area contributed by atoms with Gasteiger partial charge in [0.15, 0.2) is 0 Å². The van der Waals surface area contributed by atoms with Gasteiger partial charge in [0.05, 0.1) is 5.60 Å². The summed E-state index contributed by atoms with van der Waals surface area (Å²) in [5.41, 5.74) is 2.12. The second-order valence-corrected chi connectivity index (χ2v) is 13.7. The molecule has 5 aliphatic rings. The number of hydrogen-bond acceptors (Lipinski definition) is 2. The fraction of sp³-hybridized carbons (Fsp3) is 0.935. The van der Waals surface area contributed by atoms with Crippen LogP contribution in [0.15, 0.2) is 11.6 Å². The lowest BCUT2D eigenvalue weighted by Gasteiger charge is -2.59. The summed E-state index contributed by atoms with van der Waals surface area (Å²) in [6.45, 7) is 12.1. The summed E-state index contributed by atoms with van der Waals surface area (Å²) in [5, 5.41) is 11.0. The van der Waals surface area contributed by atoms with Gasteiger partial charge in [-0.05, 0) is 117 Å². The summed E-state index contributed by atoms with van der Waals surface area (Å²) in [5.74, 6) is 5.44. The van der Waals surface area contributed by atoms with E-state index >= 15 is 0 Å². The third-order valence-corrected chi connectivity index (χ3v) is 12.3. The first kappa shape index (κ1) is 24.4. The molecule has 0 radical (unpaired) electrons. The van der Waals surface area contributed by atoms with Gasteiger partial charge in [-0.3, -0.25) is 0 Å². The lowest BCUT2D eigenvalue weighted by atomic mass is 9.46. The zero-order chi connectivity index (χ0) is 23.3. The molecule has 4 aliphatic carbocycles. The predicted octanol–water partition coefficient (Wildman–Crippen LogP) is 7.94. The quantitative estimate of drug-likeness (QED) is 0.411. The first-order chi connectivity index (χ1) is 15.8. The number of aliphatic hydroxyl groups is 1. The molecule has 1 saturated heterocycles. The molecular formula is C31H52O2. The van der Waals surface area contributed by atoms with Crippen LogP contribution in [0.4, 0.5) is 0 Å². The van der Waals surface area contributed by atoms with Crippen LogP contribution in [0, 0.1) is 46.3 Å². The monoisotopic (exact) mass is 456 g/mol. The van der Waals surface area contributed by atoms with E-state index in [2.05, 4.69) is 33.8 Å². The molecule has 0 spiro atoms. The maximum absolute atomic E-state index is 11.0. The van der Waals surface area contributed by atoms with Gasteiger partial charge in [-0.2, -0.15) is 0 Å². The van der Waals surface area contributed by atoms with Gasteiger partial charge in [0.1, 0.15) is 0 Å². The maximum atomic E-state index is 11.0. The van der Waals surface area contributed by atoms with Crippen molar-refractivity contribution >= 4 is 0 Å². The molecule has 0 aromatic carbocycles. The predicted molar refractivity (Wildman–Crippen MR) is 137 cm³/mol. The molecule has 2 heteroatoms. The minimum atomic E-state index is -0.431. The number of rotatable bonds is 6. The van der Waals surface area contributed by atoms with Crippen molar-refractivity contribution in [3.8, 4) is 0 Å².